The molecule has 0 heterocycles. The van der Waals surface area contributed by atoms with Gasteiger partial charge < -0.3 is 10.1 Å². The van der Waals surface area contributed by atoms with Gasteiger partial charge in [-0.25, -0.2) is 0 Å². The summed E-state index contributed by atoms with van der Waals surface area (Å²) in [6, 6.07) is 0.145. The van der Waals surface area contributed by atoms with Crippen molar-refractivity contribution in [2.45, 2.75) is 52.6 Å². The number of rotatable bonds is 9. The fourth-order valence-electron chi connectivity index (χ4n) is 1.44. The van der Waals surface area contributed by atoms with Crippen molar-refractivity contribution in [3.05, 3.63) is 0 Å². The molecular weight excluding hydrogens is 234 g/mol. The summed E-state index contributed by atoms with van der Waals surface area (Å²) in [7, 11) is 1.45. The predicted molar refractivity (Wildman–Crippen MR) is 75.5 cm³/mol. The molecule has 0 saturated carbocycles. The van der Waals surface area contributed by atoms with Crippen LogP contribution in [-0.2, 0) is 9.53 Å². The van der Waals surface area contributed by atoms with E-state index in [1.807, 2.05) is 25.6 Å². The largest absolute Gasteiger partial charge is 0.468 e. The van der Waals surface area contributed by atoms with Crippen LogP contribution in [0.3, 0.4) is 0 Å². The topological polar surface area (TPSA) is 38.3 Å². The molecule has 17 heavy (non-hydrogen) atoms. The van der Waals surface area contributed by atoms with E-state index in [4.69, 9.17) is 4.74 Å². The van der Waals surface area contributed by atoms with E-state index >= 15 is 0 Å². The number of thioether (sulfide) groups is 1. The summed E-state index contributed by atoms with van der Waals surface area (Å²) in [5.41, 5.74) is 0. The minimum atomic E-state index is -0.161. The summed E-state index contributed by atoms with van der Waals surface area (Å²) in [5, 5.41) is 3.24. The highest BCUT2D eigenvalue weighted by molar-refractivity contribution is 7.99. The highest BCUT2D eigenvalue weighted by atomic mass is 32.2. The molecule has 1 unspecified atom stereocenters. The predicted octanol–water partition coefficient (Wildman–Crippen LogP) is 2.70. The summed E-state index contributed by atoms with van der Waals surface area (Å²) in [6.07, 6.45) is 2.08. The highest BCUT2D eigenvalue weighted by Crippen LogP contribution is 2.11. The number of carbonyl (C=O) groups is 1. The van der Waals surface area contributed by atoms with Crippen LogP contribution in [-0.4, -0.2) is 36.7 Å². The van der Waals surface area contributed by atoms with E-state index in [1.54, 1.807) is 0 Å². The lowest BCUT2D eigenvalue weighted by Crippen LogP contribution is -2.41. The summed E-state index contributed by atoms with van der Waals surface area (Å²) in [4.78, 5) is 11.5. The average molecular weight is 261 g/mol. The minimum absolute atomic E-state index is 0.150. The lowest BCUT2D eigenvalue weighted by molar-refractivity contribution is -0.143. The van der Waals surface area contributed by atoms with Crippen molar-refractivity contribution < 1.29 is 9.53 Å². The molecule has 0 spiro atoms. The van der Waals surface area contributed by atoms with Crippen molar-refractivity contribution in [3.63, 3.8) is 0 Å². The second-order valence-electron chi connectivity index (χ2n) is 4.98. The summed E-state index contributed by atoms with van der Waals surface area (Å²) >= 11 is 1.92. The molecule has 0 aliphatic heterocycles. The summed E-state index contributed by atoms with van der Waals surface area (Å²) < 4.78 is 4.80. The Morgan fingerprint density at radius 2 is 1.76 bits per heavy atom. The standard InChI is InChI=1S/C13H27NO2S/c1-10(2)6-8-17-9-7-12(13(15)16-5)14-11(3)4/h10-12,14H,6-9H2,1-5H3. The van der Waals surface area contributed by atoms with Crippen molar-refractivity contribution in [1.82, 2.24) is 5.32 Å². The lowest BCUT2D eigenvalue weighted by Gasteiger charge is -2.18. The molecule has 0 aromatic heterocycles. The van der Waals surface area contributed by atoms with Crippen molar-refractivity contribution in [1.29, 1.82) is 0 Å². The zero-order chi connectivity index (χ0) is 13.3. The maximum Gasteiger partial charge on any atom is 0.322 e. The van der Waals surface area contributed by atoms with Crippen LogP contribution in [0, 0.1) is 5.92 Å². The molecule has 3 nitrogen and oxygen atoms in total. The van der Waals surface area contributed by atoms with E-state index < -0.39 is 0 Å². The first-order valence-electron chi connectivity index (χ1n) is 6.39. The van der Waals surface area contributed by atoms with E-state index in [2.05, 4.69) is 19.2 Å². The molecule has 1 N–H and O–H groups in total. The molecule has 0 radical (unpaired) electrons. The molecule has 0 amide bonds. The fraction of sp³-hybridized carbons (Fsp3) is 0.923. The van der Waals surface area contributed by atoms with Crippen molar-refractivity contribution >= 4 is 17.7 Å². The smallest absolute Gasteiger partial charge is 0.322 e. The van der Waals surface area contributed by atoms with Crippen molar-refractivity contribution in [3.8, 4) is 0 Å². The van der Waals surface area contributed by atoms with Gasteiger partial charge in [-0.05, 0) is 30.3 Å². The van der Waals surface area contributed by atoms with Crippen LogP contribution in [0.1, 0.15) is 40.5 Å². The van der Waals surface area contributed by atoms with Gasteiger partial charge >= 0.3 is 5.97 Å². The molecule has 0 saturated heterocycles. The van der Waals surface area contributed by atoms with Gasteiger partial charge in [-0.15, -0.1) is 0 Å². The summed E-state index contributed by atoms with van der Waals surface area (Å²) in [5.74, 6) is 2.79. The summed E-state index contributed by atoms with van der Waals surface area (Å²) in [6.45, 7) is 8.56. The monoisotopic (exact) mass is 261 g/mol. The highest BCUT2D eigenvalue weighted by Gasteiger charge is 2.18. The normalized spacial score (nSPS) is 13.1. The molecule has 0 bridgehead atoms. The first-order chi connectivity index (χ1) is 7.97. The Morgan fingerprint density at radius 3 is 2.24 bits per heavy atom. The van der Waals surface area contributed by atoms with Gasteiger partial charge in [-0.3, -0.25) is 4.79 Å². The average Bonchev–Trinajstić information content (AvgIpc) is 2.25. The third-order valence-electron chi connectivity index (χ3n) is 2.41. The molecule has 4 heteroatoms. The molecule has 0 fully saturated rings. The number of hydrogen-bond acceptors (Lipinski definition) is 4. The zero-order valence-electron chi connectivity index (χ0n) is 11.8. The molecule has 0 rings (SSSR count). The SMILES string of the molecule is COC(=O)C(CCSCCC(C)C)NC(C)C. The van der Waals surface area contributed by atoms with E-state index in [0.29, 0.717) is 6.04 Å². The Morgan fingerprint density at radius 1 is 1.18 bits per heavy atom. The van der Waals surface area contributed by atoms with Crippen LogP contribution in [0.4, 0.5) is 0 Å². The van der Waals surface area contributed by atoms with Gasteiger partial charge in [0.25, 0.3) is 0 Å². The number of ether oxygens (including phenoxy) is 1. The second-order valence-corrected chi connectivity index (χ2v) is 6.21. The zero-order valence-corrected chi connectivity index (χ0v) is 12.6. The van der Waals surface area contributed by atoms with E-state index in [1.165, 1.54) is 19.3 Å². The van der Waals surface area contributed by atoms with Crippen molar-refractivity contribution in [2.75, 3.05) is 18.6 Å². The maximum atomic E-state index is 11.5. The lowest BCUT2D eigenvalue weighted by atomic mass is 10.2. The van der Waals surface area contributed by atoms with Gasteiger partial charge in [0.05, 0.1) is 7.11 Å². The van der Waals surface area contributed by atoms with E-state index in [0.717, 1.165) is 18.1 Å². The Hall–Kier alpha value is -0.220. The number of nitrogens with one attached hydrogen (secondary N) is 1. The van der Waals surface area contributed by atoms with E-state index in [9.17, 15) is 4.79 Å². The Kier molecular flexibility index (Phi) is 9.65. The van der Waals surface area contributed by atoms with Gasteiger partial charge in [0.2, 0.25) is 0 Å². The molecule has 0 aliphatic carbocycles. The number of carbonyl (C=O) groups excluding carboxylic acids is 1. The van der Waals surface area contributed by atoms with Gasteiger partial charge in [0.15, 0.2) is 0 Å². The van der Waals surface area contributed by atoms with Crippen LogP contribution in [0.15, 0.2) is 0 Å². The van der Waals surface area contributed by atoms with Gasteiger partial charge in [0, 0.05) is 6.04 Å². The van der Waals surface area contributed by atoms with Gasteiger partial charge in [-0.2, -0.15) is 11.8 Å². The Balaban J connectivity index is 3.80. The molecule has 0 aromatic rings. The first kappa shape index (κ1) is 16.8. The number of methoxy groups -OCH3 is 1. The van der Waals surface area contributed by atoms with Crippen LogP contribution >= 0.6 is 11.8 Å². The van der Waals surface area contributed by atoms with E-state index in [-0.39, 0.29) is 12.0 Å². The first-order valence-corrected chi connectivity index (χ1v) is 7.54. The third kappa shape index (κ3) is 9.48. The van der Waals surface area contributed by atoms with Crippen molar-refractivity contribution in [2.24, 2.45) is 5.92 Å². The Bertz CT molecular complexity index is 208. The maximum absolute atomic E-state index is 11.5. The third-order valence-corrected chi connectivity index (χ3v) is 3.46. The van der Waals surface area contributed by atoms with Gasteiger partial charge in [-0.1, -0.05) is 27.7 Å². The number of esters is 1. The second kappa shape index (κ2) is 9.77. The molecular formula is C13H27NO2S. The van der Waals surface area contributed by atoms with Crippen LogP contribution in [0.25, 0.3) is 0 Å². The molecule has 102 valence electrons. The van der Waals surface area contributed by atoms with Crippen LogP contribution in [0.5, 0.6) is 0 Å². The quantitative estimate of drug-likeness (QED) is 0.511. The number of hydrogen-bond donors (Lipinski definition) is 1. The van der Waals surface area contributed by atoms with Crippen LogP contribution < -0.4 is 5.32 Å². The van der Waals surface area contributed by atoms with Gasteiger partial charge in [0.1, 0.15) is 6.04 Å². The Labute approximate surface area is 110 Å². The molecule has 0 aromatic carbocycles. The molecule has 1 atom stereocenters. The molecule has 0 aliphatic rings. The minimum Gasteiger partial charge on any atom is -0.468 e. The van der Waals surface area contributed by atoms with Crippen LogP contribution in [0.2, 0.25) is 0 Å². The fourth-order valence-corrected chi connectivity index (χ4v) is 2.68.